The minimum absolute atomic E-state index is 0.0838. The Kier molecular flexibility index (Phi) is 4.44. The van der Waals surface area contributed by atoms with Gasteiger partial charge < -0.3 is 16.2 Å². The van der Waals surface area contributed by atoms with E-state index in [1.165, 1.54) is 6.07 Å². The molecular weight excluding hydrogens is 381 g/mol. The van der Waals surface area contributed by atoms with E-state index in [4.69, 9.17) is 10.8 Å². The van der Waals surface area contributed by atoms with Crippen molar-refractivity contribution in [2.75, 3.05) is 18.5 Å². The van der Waals surface area contributed by atoms with Crippen LogP contribution in [0.2, 0.25) is 0 Å². The smallest absolute Gasteiger partial charge is 0.148 e. The standard InChI is InChI=1S/C23H20FN5O/c24-18-7-6-14(17-11-28-29-23(17)18)20-16-10-13(4-1-2-9-30)21-15(5-3-8-26-21)22(16)27-12-19(20)25/h1,3-8,10-11,27,30H,2,9,12,25H2,(H,28,29)/b4-1+. The number of benzene rings is 2. The summed E-state index contributed by atoms with van der Waals surface area (Å²) < 4.78 is 14.2. The largest absolute Gasteiger partial charge is 0.400 e. The molecule has 0 saturated carbocycles. The number of rotatable bonds is 4. The maximum absolute atomic E-state index is 14.2. The van der Waals surface area contributed by atoms with Crippen LogP contribution >= 0.6 is 0 Å². The number of aromatic nitrogens is 3. The number of aromatic amines is 1. The number of halogens is 1. The van der Waals surface area contributed by atoms with Crippen molar-refractivity contribution in [3.8, 4) is 0 Å². The van der Waals surface area contributed by atoms with Crippen LogP contribution in [0.5, 0.6) is 0 Å². The number of nitrogens with one attached hydrogen (secondary N) is 2. The molecule has 0 radical (unpaired) electrons. The third kappa shape index (κ3) is 2.83. The van der Waals surface area contributed by atoms with Crippen molar-refractivity contribution in [3.63, 3.8) is 0 Å². The average molecular weight is 401 g/mol. The molecule has 6 nitrogen and oxygen atoms in total. The van der Waals surface area contributed by atoms with Gasteiger partial charge in [0, 0.05) is 46.0 Å². The fourth-order valence-electron chi connectivity index (χ4n) is 4.06. The van der Waals surface area contributed by atoms with Crippen LogP contribution < -0.4 is 11.1 Å². The molecule has 2 aromatic heterocycles. The van der Waals surface area contributed by atoms with Crippen LogP contribution in [0.25, 0.3) is 33.5 Å². The number of anilines is 1. The SMILES string of the molecule is NC1=C(c2ccc(F)c3[nH]ncc23)c2cc(/C=C/CCO)c3ncccc3c2NC1. The molecule has 30 heavy (non-hydrogen) atoms. The molecule has 0 unspecified atom stereocenters. The molecule has 0 amide bonds. The van der Waals surface area contributed by atoms with Gasteiger partial charge in [0.1, 0.15) is 11.3 Å². The molecule has 150 valence electrons. The Morgan fingerprint density at radius 2 is 2.10 bits per heavy atom. The predicted molar refractivity (Wildman–Crippen MR) is 117 cm³/mol. The summed E-state index contributed by atoms with van der Waals surface area (Å²) >= 11 is 0. The van der Waals surface area contributed by atoms with E-state index in [0.29, 0.717) is 29.6 Å². The van der Waals surface area contributed by atoms with Crippen molar-refractivity contribution < 1.29 is 9.50 Å². The zero-order valence-electron chi connectivity index (χ0n) is 16.1. The van der Waals surface area contributed by atoms with Gasteiger partial charge in [0.15, 0.2) is 0 Å². The zero-order valence-corrected chi connectivity index (χ0v) is 16.1. The van der Waals surface area contributed by atoms with Gasteiger partial charge in [-0.05, 0) is 36.2 Å². The number of hydrogen-bond donors (Lipinski definition) is 4. The molecule has 0 aliphatic carbocycles. The highest BCUT2D eigenvalue weighted by atomic mass is 19.1. The summed E-state index contributed by atoms with van der Waals surface area (Å²) in [5, 5.41) is 21.0. The van der Waals surface area contributed by atoms with E-state index in [1.54, 1.807) is 18.5 Å². The van der Waals surface area contributed by atoms with E-state index in [9.17, 15) is 4.39 Å². The van der Waals surface area contributed by atoms with Gasteiger partial charge in [-0.25, -0.2) is 4.39 Å². The van der Waals surface area contributed by atoms with Crippen LogP contribution in [-0.4, -0.2) is 33.4 Å². The van der Waals surface area contributed by atoms with Gasteiger partial charge in [-0.15, -0.1) is 0 Å². The van der Waals surface area contributed by atoms with E-state index < -0.39 is 0 Å². The van der Waals surface area contributed by atoms with Gasteiger partial charge in [-0.3, -0.25) is 10.1 Å². The number of nitrogens with two attached hydrogens (primary N) is 1. The summed E-state index contributed by atoms with van der Waals surface area (Å²) in [6.07, 6.45) is 7.83. The number of aliphatic hydroxyl groups is 1. The quantitative estimate of drug-likeness (QED) is 0.417. The van der Waals surface area contributed by atoms with Crippen molar-refractivity contribution in [1.82, 2.24) is 15.2 Å². The zero-order chi connectivity index (χ0) is 20.7. The van der Waals surface area contributed by atoms with Crippen LogP contribution in [0.4, 0.5) is 10.1 Å². The molecule has 0 fully saturated rings. The maximum atomic E-state index is 14.2. The number of H-pyrrole nitrogens is 1. The Bertz CT molecular complexity index is 1340. The summed E-state index contributed by atoms with van der Waals surface area (Å²) in [5.41, 5.74) is 12.9. The van der Waals surface area contributed by atoms with Crippen molar-refractivity contribution in [1.29, 1.82) is 0 Å². The summed E-state index contributed by atoms with van der Waals surface area (Å²) in [6, 6.07) is 9.15. The molecule has 0 bridgehead atoms. The number of aliphatic hydroxyl groups excluding tert-OH is 1. The maximum Gasteiger partial charge on any atom is 0.148 e. The first-order chi connectivity index (χ1) is 14.7. The van der Waals surface area contributed by atoms with Gasteiger partial charge in [0.2, 0.25) is 0 Å². The van der Waals surface area contributed by atoms with Crippen molar-refractivity contribution >= 4 is 39.1 Å². The predicted octanol–water partition coefficient (Wildman–Crippen LogP) is 3.79. The molecule has 5 rings (SSSR count). The molecule has 4 aromatic rings. The lowest BCUT2D eigenvalue weighted by molar-refractivity contribution is 0.303. The third-order valence-corrected chi connectivity index (χ3v) is 5.39. The molecule has 0 spiro atoms. The Balaban J connectivity index is 1.80. The minimum Gasteiger partial charge on any atom is -0.400 e. The summed E-state index contributed by atoms with van der Waals surface area (Å²) in [4.78, 5) is 4.57. The highest BCUT2D eigenvalue weighted by Gasteiger charge is 2.24. The lowest BCUT2D eigenvalue weighted by atomic mass is 9.87. The summed E-state index contributed by atoms with van der Waals surface area (Å²) in [5.74, 6) is -0.352. The summed E-state index contributed by atoms with van der Waals surface area (Å²) in [7, 11) is 0. The van der Waals surface area contributed by atoms with E-state index in [0.717, 1.165) is 38.9 Å². The second kappa shape index (κ2) is 7.27. The fourth-order valence-corrected chi connectivity index (χ4v) is 4.06. The summed E-state index contributed by atoms with van der Waals surface area (Å²) in [6.45, 7) is 0.559. The van der Waals surface area contributed by atoms with E-state index in [-0.39, 0.29) is 12.4 Å². The van der Waals surface area contributed by atoms with E-state index >= 15 is 0 Å². The molecule has 7 heteroatoms. The lowest BCUT2D eigenvalue weighted by Crippen LogP contribution is -2.20. The second-order valence-electron chi connectivity index (χ2n) is 7.21. The van der Waals surface area contributed by atoms with Crippen molar-refractivity contribution in [2.24, 2.45) is 5.73 Å². The van der Waals surface area contributed by atoms with Gasteiger partial charge in [0.25, 0.3) is 0 Å². The first kappa shape index (κ1) is 18.3. The van der Waals surface area contributed by atoms with Gasteiger partial charge in [0.05, 0.1) is 23.9 Å². The van der Waals surface area contributed by atoms with Crippen LogP contribution in [0.3, 0.4) is 0 Å². The first-order valence-corrected chi connectivity index (χ1v) is 9.73. The highest BCUT2D eigenvalue weighted by Crippen LogP contribution is 2.42. The number of fused-ring (bicyclic) bond motifs is 4. The first-order valence-electron chi connectivity index (χ1n) is 9.73. The van der Waals surface area contributed by atoms with Gasteiger partial charge in [-0.2, -0.15) is 5.10 Å². The normalized spacial score (nSPS) is 13.9. The third-order valence-electron chi connectivity index (χ3n) is 5.39. The number of pyridine rings is 1. The topological polar surface area (TPSA) is 99.9 Å². The molecule has 3 heterocycles. The number of hydrogen-bond acceptors (Lipinski definition) is 5. The molecule has 2 aromatic carbocycles. The average Bonchev–Trinajstić information content (AvgIpc) is 3.26. The molecule has 0 saturated heterocycles. The van der Waals surface area contributed by atoms with E-state index in [2.05, 4.69) is 20.5 Å². The molecule has 0 atom stereocenters. The monoisotopic (exact) mass is 401 g/mol. The van der Waals surface area contributed by atoms with Gasteiger partial charge >= 0.3 is 0 Å². The van der Waals surface area contributed by atoms with Crippen molar-refractivity contribution in [2.45, 2.75) is 6.42 Å². The van der Waals surface area contributed by atoms with Crippen LogP contribution in [0, 0.1) is 5.82 Å². The molecular formula is C23H20FN5O. The Labute approximate surface area is 171 Å². The Morgan fingerprint density at radius 3 is 2.97 bits per heavy atom. The van der Waals surface area contributed by atoms with Crippen LogP contribution in [0.1, 0.15) is 23.1 Å². The number of nitrogens with zero attached hydrogens (tertiary/aromatic N) is 2. The Hall–Kier alpha value is -3.71. The Morgan fingerprint density at radius 1 is 1.20 bits per heavy atom. The molecule has 1 aliphatic heterocycles. The van der Waals surface area contributed by atoms with E-state index in [1.807, 2.05) is 30.4 Å². The highest BCUT2D eigenvalue weighted by molar-refractivity contribution is 6.08. The fraction of sp³-hybridized carbons (Fsp3) is 0.130. The lowest BCUT2D eigenvalue weighted by Gasteiger charge is -2.26. The van der Waals surface area contributed by atoms with Crippen molar-refractivity contribution in [3.05, 3.63) is 77.0 Å². The second-order valence-corrected chi connectivity index (χ2v) is 7.21. The van der Waals surface area contributed by atoms with Crippen LogP contribution in [-0.2, 0) is 0 Å². The minimum atomic E-state index is -0.352. The van der Waals surface area contributed by atoms with Gasteiger partial charge in [-0.1, -0.05) is 18.2 Å². The molecule has 5 N–H and O–H groups in total. The van der Waals surface area contributed by atoms with Crippen LogP contribution in [0.15, 0.2) is 54.5 Å². The molecule has 1 aliphatic rings.